The number of likely N-dealkylation sites (N-methyl/N-ethyl adjacent to an activating group) is 1. The molecule has 6 nitrogen and oxygen atoms in total. The van der Waals surface area contributed by atoms with E-state index in [4.69, 9.17) is 11.6 Å². The van der Waals surface area contributed by atoms with E-state index >= 15 is 0 Å². The number of carbonyl (C=O) groups excluding carboxylic acids is 1. The first-order valence-corrected chi connectivity index (χ1v) is 16.9. The molecule has 3 aromatic rings. The number of nitrogens with zero attached hydrogens (tertiary/aromatic N) is 3. The average Bonchev–Trinajstić information content (AvgIpc) is 3.06. The Balaban J connectivity index is 1.27. The van der Waals surface area contributed by atoms with Gasteiger partial charge in [-0.1, -0.05) is 92.2 Å². The Bertz CT molecular complexity index is 1310. The fourth-order valence-electron chi connectivity index (χ4n) is 6.95. The zero-order valence-corrected chi connectivity index (χ0v) is 27.5. The number of hydrogen-bond acceptors (Lipinski definition) is 5. The zero-order chi connectivity index (χ0) is 30.9. The molecule has 1 amide bonds. The van der Waals surface area contributed by atoms with Gasteiger partial charge in [0.15, 0.2) is 0 Å². The van der Waals surface area contributed by atoms with Crippen LogP contribution in [0.5, 0.6) is 0 Å². The fraction of sp³-hybridized carbons (Fsp3) is 0.486. The van der Waals surface area contributed by atoms with Crippen molar-refractivity contribution in [1.29, 1.82) is 0 Å². The number of fused-ring (bicyclic) bond motifs is 1. The molecule has 1 fully saturated rings. The Morgan fingerprint density at radius 2 is 1.64 bits per heavy atom. The SMILES string of the molecule is CCN(CC)CC(c1ccccc1)N1CCN(C(=O)[C@@H](Cc2ccc(Cl)cc2)NC(C)CC2NCCc3ccccc32)CC1. The number of piperazine rings is 1. The molecule has 3 aromatic carbocycles. The van der Waals surface area contributed by atoms with Gasteiger partial charge in [0.25, 0.3) is 0 Å². The van der Waals surface area contributed by atoms with E-state index in [-0.39, 0.29) is 24.0 Å². The normalized spacial score (nSPS) is 19.4. The summed E-state index contributed by atoms with van der Waals surface area (Å²) in [6.45, 7) is 14.0. The third-order valence-electron chi connectivity index (χ3n) is 9.52. The summed E-state index contributed by atoms with van der Waals surface area (Å²) in [5.74, 6) is 0.198. The van der Waals surface area contributed by atoms with Crippen molar-refractivity contribution in [3.63, 3.8) is 0 Å². The summed E-state index contributed by atoms with van der Waals surface area (Å²) in [6, 6.07) is 28.0. The van der Waals surface area contributed by atoms with Gasteiger partial charge in [0.1, 0.15) is 0 Å². The van der Waals surface area contributed by atoms with Gasteiger partial charge in [-0.3, -0.25) is 9.69 Å². The van der Waals surface area contributed by atoms with Crippen molar-refractivity contribution in [3.05, 3.63) is 106 Å². The third kappa shape index (κ3) is 8.49. The van der Waals surface area contributed by atoms with E-state index in [9.17, 15) is 4.79 Å². The Morgan fingerprint density at radius 1 is 0.955 bits per heavy atom. The van der Waals surface area contributed by atoms with Crippen LogP contribution in [0, 0.1) is 0 Å². The molecule has 0 radical (unpaired) electrons. The Hall–Kier alpha value is -2.74. The van der Waals surface area contributed by atoms with E-state index in [0.717, 1.165) is 70.8 Å². The third-order valence-corrected chi connectivity index (χ3v) is 9.77. The Labute approximate surface area is 269 Å². The van der Waals surface area contributed by atoms with Crippen LogP contribution in [0.25, 0.3) is 0 Å². The van der Waals surface area contributed by atoms with Crippen molar-refractivity contribution in [2.75, 3.05) is 52.4 Å². The molecule has 0 aliphatic carbocycles. The van der Waals surface area contributed by atoms with Crippen LogP contribution in [0.1, 0.15) is 61.5 Å². The molecule has 3 unspecified atom stereocenters. The van der Waals surface area contributed by atoms with Crippen LogP contribution in [0.4, 0.5) is 0 Å². The van der Waals surface area contributed by atoms with E-state index < -0.39 is 0 Å². The van der Waals surface area contributed by atoms with Crippen LogP contribution in [0.15, 0.2) is 78.9 Å². The molecular weight excluding hydrogens is 566 g/mol. The second-order valence-corrected chi connectivity index (χ2v) is 12.9. The van der Waals surface area contributed by atoms with Gasteiger partial charge in [0.2, 0.25) is 5.91 Å². The quantitative estimate of drug-likeness (QED) is 0.257. The summed E-state index contributed by atoms with van der Waals surface area (Å²) in [6.07, 6.45) is 2.64. The first kappa shape index (κ1) is 32.6. The van der Waals surface area contributed by atoms with Gasteiger partial charge in [0.05, 0.1) is 6.04 Å². The molecule has 236 valence electrons. The largest absolute Gasteiger partial charge is 0.339 e. The molecule has 4 atom stereocenters. The van der Waals surface area contributed by atoms with Gasteiger partial charge in [-0.2, -0.15) is 0 Å². The van der Waals surface area contributed by atoms with Gasteiger partial charge in [-0.25, -0.2) is 0 Å². The van der Waals surface area contributed by atoms with E-state index in [1.807, 2.05) is 24.3 Å². The number of halogens is 1. The van der Waals surface area contributed by atoms with Crippen molar-refractivity contribution >= 4 is 17.5 Å². The summed E-state index contributed by atoms with van der Waals surface area (Å²) < 4.78 is 0. The summed E-state index contributed by atoms with van der Waals surface area (Å²) >= 11 is 6.19. The highest BCUT2D eigenvalue weighted by atomic mass is 35.5. The predicted molar refractivity (Wildman–Crippen MR) is 182 cm³/mol. The number of nitrogens with one attached hydrogen (secondary N) is 2. The highest BCUT2D eigenvalue weighted by molar-refractivity contribution is 6.30. The predicted octanol–water partition coefficient (Wildman–Crippen LogP) is 5.73. The van der Waals surface area contributed by atoms with Gasteiger partial charge < -0.3 is 20.4 Å². The summed E-state index contributed by atoms with van der Waals surface area (Å²) in [4.78, 5) is 21.4. The molecule has 2 aliphatic heterocycles. The van der Waals surface area contributed by atoms with Gasteiger partial charge >= 0.3 is 0 Å². The number of benzene rings is 3. The molecule has 44 heavy (non-hydrogen) atoms. The maximum atomic E-state index is 14.2. The van der Waals surface area contributed by atoms with Crippen LogP contribution < -0.4 is 10.6 Å². The molecule has 0 bridgehead atoms. The second-order valence-electron chi connectivity index (χ2n) is 12.4. The van der Waals surface area contributed by atoms with E-state index in [1.165, 1.54) is 16.7 Å². The Kier molecular flexibility index (Phi) is 11.9. The minimum atomic E-state index is -0.294. The van der Waals surface area contributed by atoms with E-state index in [2.05, 4.69) is 101 Å². The minimum absolute atomic E-state index is 0.165. The van der Waals surface area contributed by atoms with Crippen LogP contribution in [0.3, 0.4) is 0 Å². The topological polar surface area (TPSA) is 50.9 Å². The molecule has 7 heteroatoms. The van der Waals surface area contributed by atoms with Crippen molar-refractivity contribution in [2.45, 2.75) is 64.2 Å². The standard InChI is InChI=1S/C37H50ClN5O/c1-4-41(5-2)27-36(31-12-7-6-8-13-31)42-21-23-43(24-22-42)37(44)35(26-29-15-17-32(38)18-16-29)40-28(3)25-34-33-14-10-9-11-30(33)19-20-39-34/h6-18,28,34-36,39-40H,4-5,19-27H2,1-3H3/t28?,34?,35-,36?/m1/s1. The lowest BCUT2D eigenvalue weighted by Gasteiger charge is -2.42. The van der Waals surface area contributed by atoms with Crippen molar-refractivity contribution in [2.24, 2.45) is 0 Å². The highest BCUT2D eigenvalue weighted by Gasteiger charge is 2.32. The van der Waals surface area contributed by atoms with Crippen LogP contribution in [0.2, 0.25) is 5.02 Å². The molecule has 0 spiro atoms. The molecule has 2 aliphatic rings. The lowest BCUT2D eigenvalue weighted by Crippen LogP contribution is -2.57. The number of hydrogen-bond donors (Lipinski definition) is 2. The summed E-state index contributed by atoms with van der Waals surface area (Å²) in [7, 11) is 0. The highest BCUT2D eigenvalue weighted by Crippen LogP contribution is 2.27. The summed E-state index contributed by atoms with van der Waals surface area (Å²) in [5.41, 5.74) is 5.30. The maximum absolute atomic E-state index is 14.2. The molecule has 2 heterocycles. The van der Waals surface area contributed by atoms with E-state index in [0.29, 0.717) is 17.5 Å². The van der Waals surface area contributed by atoms with E-state index in [1.54, 1.807) is 0 Å². The smallest absolute Gasteiger partial charge is 0.240 e. The van der Waals surface area contributed by atoms with Crippen LogP contribution in [-0.2, 0) is 17.6 Å². The molecule has 2 N–H and O–H groups in total. The lowest BCUT2D eigenvalue weighted by atomic mass is 9.90. The lowest BCUT2D eigenvalue weighted by molar-refractivity contribution is -0.135. The number of rotatable bonds is 13. The summed E-state index contributed by atoms with van der Waals surface area (Å²) in [5, 5.41) is 8.21. The van der Waals surface area contributed by atoms with Crippen molar-refractivity contribution in [1.82, 2.24) is 25.3 Å². The molecule has 0 aromatic heterocycles. The van der Waals surface area contributed by atoms with Gasteiger partial charge in [-0.05, 0) is 80.2 Å². The molecular formula is C37H50ClN5O. The fourth-order valence-corrected chi connectivity index (χ4v) is 7.08. The number of carbonyl (C=O) groups is 1. The zero-order valence-electron chi connectivity index (χ0n) is 26.7. The van der Waals surface area contributed by atoms with Gasteiger partial charge in [-0.15, -0.1) is 0 Å². The van der Waals surface area contributed by atoms with Crippen LogP contribution in [-0.4, -0.2) is 85.0 Å². The second kappa shape index (κ2) is 16.0. The average molecular weight is 616 g/mol. The first-order valence-electron chi connectivity index (χ1n) is 16.6. The minimum Gasteiger partial charge on any atom is -0.339 e. The molecule has 1 saturated heterocycles. The monoisotopic (exact) mass is 615 g/mol. The number of amides is 1. The van der Waals surface area contributed by atoms with Crippen molar-refractivity contribution < 1.29 is 4.79 Å². The van der Waals surface area contributed by atoms with Crippen molar-refractivity contribution in [3.8, 4) is 0 Å². The maximum Gasteiger partial charge on any atom is 0.240 e. The molecule has 0 saturated carbocycles. The first-order chi connectivity index (χ1) is 21.4. The van der Waals surface area contributed by atoms with Crippen LogP contribution >= 0.6 is 11.6 Å². The van der Waals surface area contributed by atoms with Gasteiger partial charge in [0, 0.05) is 55.9 Å². The molecule has 5 rings (SSSR count). The Morgan fingerprint density at radius 3 is 2.34 bits per heavy atom.